The third kappa shape index (κ3) is 15.0. The molecule has 2 saturated heterocycles. The molecule has 1 aliphatic carbocycles. The maximum atomic E-state index is 15.3. The molecule has 5 amide bonds. The highest BCUT2D eigenvalue weighted by Crippen LogP contribution is 2.68. The number of nitrogens with zero attached hydrogens (tertiary/aromatic N) is 4. The number of benzene rings is 4. The highest BCUT2D eigenvalue weighted by Gasteiger charge is 2.81. The molecule has 0 radical (unpaired) electrons. The number of guanidine groups is 1. The molecule has 5 aliphatic heterocycles. The molecular formula is C78H105N13O15. The van der Waals surface area contributed by atoms with Gasteiger partial charge in [0.1, 0.15) is 35.0 Å². The number of phenolic OH excluding ortho intramolecular Hbond substituents is 1. The van der Waals surface area contributed by atoms with Crippen LogP contribution in [0.5, 0.6) is 11.5 Å². The van der Waals surface area contributed by atoms with E-state index in [1.54, 1.807) is 32.0 Å². The minimum absolute atomic E-state index is 0.0608. The van der Waals surface area contributed by atoms with Crippen molar-refractivity contribution in [1.29, 1.82) is 0 Å². The van der Waals surface area contributed by atoms with E-state index in [0.717, 1.165) is 27.6 Å². The average molecular weight is 1460 g/mol. The number of aromatic amines is 1. The molecule has 14 atom stereocenters. The second-order valence-corrected chi connectivity index (χ2v) is 29.5. The number of primary amides is 1. The van der Waals surface area contributed by atoms with Gasteiger partial charge in [-0.3, -0.25) is 48.4 Å². The summed E-state index contributed by atoms with van der Waals surface area (Å²) in [5, 5.41) is 44.5. The van der Waals surface area contributed by atoms with Crippen molar-refractivity contribution in [3.05, 3.63) is 136 Å². The predicted octanol–water partition coefficient (Wildman–Crippen LogP) is 2.76. The van der Waals surface area contributed by atoms with Crippen LogP contribution in [0.25, 0.3) is 10.9 Å². The van der Waals surface area contributed by atoms with Gasteiger partial charge in [-0.15, -0.1) is 0 Å². The molecule has 1 unspecified atom stereocenters. The van der Waals surface area contributed by atoms with Crippen LogP contribution < -0.4 is 54.3 Å². The standard InChI is InChI=1S/C46H56N4O10.C32H49N9O5/c1-7-42(55)22-28-23-45(40(53)58-5,36-30(14-18-48(24-28)25-42)29-12-9-10-13-33(29)47-36)32-20-31-34(21-35(32)57-4)50(26-51)38-44(31)16-19-49-17-11-15-43(8-2,37(44)49)39(60-27(3)52)46(38,56)41(54)59-6;1-19-15-22(42)16-20(2)23(19)18-27(41-29(44)24(34)11-8-14-38-32(36)37)31(46)39-25(12-6-7-13-33)30(45)40-26(28(35)43)17-21-9-4-3-5-10-21/h9-13,15,20-21,26,28,37-39,47,55-56H,7-8,14,16-19,22-25H2,1-6H3;3-5,9-10,15-16,24-27,42H,6-8,11-14,17-18,33-34H2,1-2H3,(H2,35,43)(H,39,46)(H,40,45)(H,41,44)(H4,36,37,38)/t28-,37-,38+,39+,42-,43+,44+,45-,46-;24-,25+,26+,27+/m01/s1. The lowest BCUT2D eigenvalue weighted by atomic mass is 9.47. The Morgan fingerprint density at radius 2 is 1.46 bits per heavy atom. The number of aryl methyl sites for hydroxylation is 2. The Kier molecular flexibility index (Phi) is 24.4. The fourth-order valence-corrected chi connectivity index (χ4v) is 18.4. The summed E-state index contributed by atoms with van der Waals surface area (Å²) >= 11 is 0. The number of aromatic hydroxyl groups is 1. The number of fused-ring (bicyclic) bond motifs is 6. The lowest BCUT2D eigenvalue weighted by molar-refractivity contribution is -0.228. The molecule has 28 nitrogen and oxygen atoms in total. The Bertz CT molecular complexity index is 4140. The average Bonchev–Trinajstić information content (AvgIpc) is 1.46. The molecule has 1 saturated carbocycles. The Morgan fingerprint density at radius 1 is 0.783 bits per heavy atom. The predicted molar refractivity (Wildman–Crippen MR) is 398 cm³/mol. The van der Waals surface area contributed by atoms with Crippen molar-refractivity contribution in [2.75, 3.05) is 72.0 Å². The van der Waals surface area contributed by atoms with Crippen LogP contribution in [-0.2, 0) is 82.7 Å². The summed E-state index contributed by atoms with van der Waals surface area (Å²) in [5.74, 6) is -4.57. The summed E-state index contributed by atoms with van der Waals surface area (Å²) in [6, 6.07) is 18.0. The lowest BCUT2D eigenvalue weighted by Gasteiger charge is -2.63. The zero-order valence-electron chi connectivity index (χ0n) is 61.9. The number of nitrogens with two attached hydrogens (primary N) is 5. The number of ether oxygens (including phenoxy) is 4. The van der Waals surface area contributed by atoms with Gasteiger partial charge in [0.2, 0.25) is 35.6 Å². The van der Waals surface area contributed by atoms with E-state index < -0.39 is 111 Å². The molecule has 11 rings (SSSR count). The van der Waals surface area contributed by atoms with Gasteiger partial charge in [-0.2, -0.15) is 0 Å². The van der Waals surface area contributed by atoms with Crippen molar-refractivity contribution in [2.24, 2.45) is 45.0 Å². The number of H-pyrrole nitrogens is 1. The first-order valence-electron chi connectivity index (χ1n) is 36.6. The minimum Gasteiger partial charge on any atom is -0.508 e. The zero-order chi connectivity index (χ0) is 76.8. The summed E-state index contributed by atoms with van der Waals surface area (Å²) in [5.41, 5.74) is 27.9. The summed E-state index contributed by atoms with van der Waals surface area (Å²) < 4.78 is 23.7. The lowest BCUT2D eigenvalue weighted by Crippen LogP contribution is -2.81. The Hall–Kier alpha value is -9.45. The van der Waals surface area contributed by atoms with E-state index in [9.17, 15) is 48.9 Å². The van der Waals surface area contributed by atoms with Gasteiger partial charge < -0.3 is 88.8 Å². The number of carbonyl (C=O) groups is 8. The number of anilines is 1. The maximum Gasteiger partial charge on any atom is 0.344 e. The molecule has 17 N–H and O–H groups in total. The number of carbonyl (C=O) groups excluding carboxylic acids is 8. The number of esters is 3. The summed E-state index contributed by atoms with van der Waals surface area (Å²) in [6.07, 6.45) is 8.11. The molecule has 106 heavy (non-hydrogen) atoms. The highest BCUT2D eigenvalue weighted by atomic mass is 16.6. The fourth-order valence-electron chi connectivity index (χ4n) is 18.4. The van der Waals surface area contributed by atoms with E-state index >= 15 is 4.79 Å². The largest absolute Gasteiger partial charge is 0.508 e. The summed E-state index contributed by atoms with van der Waals surface area (Å²) in [7, 11) is 4.09. The Balaban J connectivity index is 0.000000236. The molecule has 1 spiro atoms. The second kappa shape index (κ2) is 32.7. The zero-order valence-corrected chi connectivity index (χ0v) is 61.9. The third-order valence-corrected chi connectivity index (χ3v) is 23.1. The van der Waals surface area contributed by atoms with Crippen molar-refractivity contribution < 1.29 is 72.6 Å². The molecule has 4 aromatic carbocycles. The van der Waals surface area contributed by atoms with Crippen LogP contribution in [0.3, 0.4) is 0 Å². The van der Waals surface area contributed by atoms with Crippen LogP contribution >= 0.6 is 0 Å². The molecule has 5 aromatic rings. The SMILES string of the molecule is CC[C@]1(O)C[C@@H]2CN(CCc3c([nH]c4ccccc34)[C@@](C(=O)OC)(c3cc4c(cc3OC)N(C=O)[C@H]3[C@@](O)(C(=O)OC)[C@H](OC(C)=O)[C@]5(CC)C=CCN6CC[C@]43[C@@H]65)C2)C1.Cc1cc(O)cc(C)c1C[C@H](NC(=O)[C@H](N)CCCN=C(N)N)C(=O)N[C@@H](CCCCN)C(=O)N[C@@H](Cc1ccccc1)C(N)=O. The van der Waals surface area contributed by atoms with Gasteiger partial charge in [0, 0.05) is 97.6 Å². The van der Waals surface area contributed by atoms with Crippen LogP contribution in [0.2, 0.25) is 0 Å². The van der Waals surface area contributed by atoms with E-state index in [0.29, 0.717) is 136 Å². The number of aromatic nitrogens is 1. The van der Waals surface area contributed by atoms with E-state index in [1.165, 1.54) is 33.2 Å². The number of methoxy groups -OCH3 is 3. The fraction of sp³-hybridized carbons (Fsp3) is 0.526. The molecule has 28 heteroatoms. The highest BCUT2D eigenvalue weighted by molar-refractivity contribution is 5.98. The van der Waals surface area contributed by atoms with Gasteiger partial charge in [0.25, 0.3) is 0 Å². The number of piperidine rings is 1. The van der Waals surface area contributed by atoms with Crippen LogP contribution in [0.4, 0.5) is 5.69 Å². The maximum absolute atomic E-state index is 15.3. The molecule has 3 fully saturated rings. The quantitative estimate of drug-likeness (QED) is 0.00684. The van der Waals surface area contributed by atoms with Gasteiger partial charge in [0.15, 0.2) is 12.1 Å². The van der Waals surface area contributed by atoms with Crippen LogP contribution in [0.1, 0.15) is 130 Å². The molecule has 6 heterocycles. The van der Waals surface area contributed by atoms with E-state index in [-0.39, 0.29) is 56.3 Å². The van der Waals surface area contributed by atoms with Gasteiger partial charge >= 0.3 is 17.9 Å². The Morgan fingerprint density at radius 3 is 2.10 bits per heavy atom. The molecule has 1 aromatic heterocycles. The van der Waals surface area contributed by atoms with Crippen LogP contribution in [0.15, 0.2) is 96.0 Å². The van der Waals surface area contributed by atoms with Gasteiger partial charge in [0.05, 0.1) is 44.7 Å². The monoisotopic (exact) mass is 1460 g/mol. The number of hydrogen-bond donors (Lipinski definition) is 12. The molecule has 6 aliphatic rings. The first-order valence-corrected chi connectivity index (χ1v) is 36.6. The van der Waals surface area contributed by atoms with Crippen molar-refractivity contribution in [1.82, 2.24) is 30.7 Å². The summed E-state index contributed by atoms with van der Waals surface area (Å²) in [4.78, 5) is 123. The van der Waals surface area contributed by atoms with E-state index in [4.69, 9.17) is 47.6 Å². The third-order valence-electron chi connectivity index (χ3n) is 23.1. The van der Waals surface area contributed by atoms with Gasteiger partial charge in [-0.1, -0.05) is 74.5 Å². The first kappa shape index (κ1) is 79.1. The molecule has 2 bridgehead atoms. The van der Waals surface area contributed by atoms with Crippen LogP contribution in [-0.4, -0.2) is 205 Å². The normalized spacial score (nSPS) is 26.5. The van der Waals surface area contributed by atoms with Gasteiger partial charge in [-0.25, -0.2) is 4.79 Å². The second-order valence-electron chi connectivity index (χ2n) is 29.5. The topological polar surface area (TPSA) is 438 Å². The van der Waals surface area contributed by atoms with E-state index in [2.05, 4.69) is 41.8 Å². The van der Waals surface area contributed by atoms with Crippen molar-refractivity contribution in [2.45, 2.75) is 182 Å². The Labute approximate surface area is 617 Å². The van der Waals surface area contributed by atoms with Crippen LogP contribution in [0, 0.1) is 25.2 Å². The number of hydrogen-bond acceptors (Lipinski definition) is 20. The number of phenols is 1. The van der Waals surface area contributed by atoms with E-state index in [1.807, 2.05) is 80.6 Å². The number of para-hydroxylation sites is 1. The summed E-state index contributed by atoms with van der Waals surface area (Å²) in [6.45, 7) is 12.4. The van der Waals surface area contributed by atoms with Crippen molar-refractivity contribution in [3.63, 3.8) is 0 Å². The molecule has 572 valence electrons. The minimum atomic E-state index is -2.53. The van der Waals surface area contributed by atoms with Gasteiger partial charge in [-0.05, 0) is 161 Å². The number of unbranched alkanes of at least 4 members (excludes halogenated alkanes) is 1. The number of rotatable bonds is 27. The van der Waals surface area contributed by atoms with Crippen molar-refractivity contribution in [3.8, 4) is 11.5 Å². The smallest absolute Gasteiger partial charge is 0.344 e. The first-order chi connectivity index (χ1) is 50.6. The number of aliphatic imine (C=N–C) groups is 1. The molecular weight excluding hydrogens is 1360 g/mol. The van der Waals surface area contributed by atoms with Crippen molar-refractivity contribution >= 4 is 70.5 Å². The number of aliphatic hydroxyl groups is 2. The number of nitrogens with one attached hydrogen (secondary N) is 4. The number of amides is 5.